The summed E-state index contributed by atoms with van der Waals surface area (Å²) in [6, 6.07) is 4.46. The lowest BCUT2D eigenvalue weighted by atomic mass is 9.87. The summed E-state index contributed by atoms with van der Waals surface area (Å²) in [7, 11) is 0. The van der Waals surface area contributed by atoms with Gasteiger partial charge >= 0.3 is 6.03 Å². The molecule has 0 aliphatic carbocycles. The molecule has 0 bridgehead atoms. The van der Waals surface area contributed by atoms with Gasteiger partial charge in [0, 0.05) is 0 Å². The van der Waals surface area contributed by atoms with E-state index in [0.29, 0.717) is 5.56 Å². The molecule has 1 saturated heterocycles. The van der Waals surface area contributed by atoms with Crippen molar-refractivity contribution in [3.8, 4) is 0 Å². The number of amides is 5. The van der Waals surface area contributed by atoms with Crippen molar-refractivity contribution in [2.45, 2.75) is 18.9 Å². The van der Waals surface area contributed by atoms with Crippen LogP contribution in [0.2, 0.25) is 0 Å². The molecule has 0 unspecified atom stereocenters. The van der Waals surface area contributed by atoms with Gasteiger partial charge in [0.15, 0.2) is 0 Å². The first-order valence-electron chi connectivity index (χ1n) is 7.25. The molecule has 9 heteroatoms. The SMILES string of the molecule is CC[C@@]1(c2ccc(F)cc2)NC(=O)N(CC(=O)NCC(N)=O)C1=O. The van der Waals surface area contributed by atoms with E-state index in [4.69, 9.17) is 5.73 Å². The molecule has 1 aromatic rings. The van der Waals surface area contributed by atoms with Crippen LogP contribution in [0.5, 0.6) is 0 Å². The molecule has 0 radical (unpaired) electrons. The van der Waals surface area contributed by atoms with E-state index in [9.17, 15) is 23.6 Å². The Morgan fingerprint density at radius 1 is 1.29 bits per heavy atom. The van der Waals surface area contributed by atoms with E-state index in [2.05, 4.69) is 10.6 Å². The Bertz CT molecular complexity index is 691. The molecule has 5 amide bonds. The number of carbonyl (C=O) groups is 4. The maximum absolute atomic E-state index is 13.1. The van der Waals surface area contributed by atoms with Crippen LogP contribution in [-0.2, 0) is 19.9 Å². The molecular weight excluding hydrogens is 319 g/mol. The molecule has 1 aliphatic heterocycles. The number of halogens is 1. The molecule has 24 heavy (non-hydrogen) atoms. The molecule has 4 N–H and O–H groups in total. The van der Waals surface area contributed by atoms with E-state index in [-0.39, 0.29) is 13.0 Å². The average molecular weight is 336 g/mol. The van der Waals surface area contributed by atoms with Crippen molar-refractivity contribution in [3.05, 3.63) is 35.6 Å². The number of primary amides is 1. The van der Waals surface area contributed by atoms with Gasteiger partial charge in [0.05, 0.1) is 6.54 Å². The summed E-state index contributed by atoms with van der Waals surface area (Å²) in [5, 5.41) is 4.77. The smallest absolute Gasteiger partial charge is 0.325 e. The number of hydrogen-bond acceptors (Lipinski definition) is 4. The second-order valence-corrected chi connectivity index (χ2v) is 5.33. The predicted molar refractivity (Wildman–Crippen MR) is 80.8 cm³/mol. The van der Waals surface area contributed by atoms with Crippen molar-refractivity contribution in [1.82, 2.24) is 15.5 Å². The molecule has 1 fully saturated rings. The lowest BCUT2D eigenvalue weighted by molar-refractivity contribution is -0.135. The van der Waals surface area contributed by atoms with Gasteiger partial charge in [0.2, 0.25) is 11.8 Å². The lowest BCUT2D eigenvalue weighted by Gasteiger charge is -2.25. The van der Waals surface area contributed by atoms with Gasteiger partial charge < -0.3 is 16.4 Å². The van der Waals surface area contributed by atoms with Crippen LogP contribution in [0.25, 0.3) is 0 Å². The van der Waals surface area contributed by atoms with Crippen molar-refractivity contribution in [3.63, 3.8) is 0 Å². The highest BCUT2D eigenvalue weighted by Gasteiger charge is 2.51. The van der Waals surface area contributed by atoms with Gasteiger partial charge in [-0.25, -0.2) is 9.18 Å². The zero-order chi connectivity index (χ0) is 17.9. The third kappa shape index (κ3) is 3.19. The van der Waals surface area contributed by atoms with Gasteiger partial charge in [-0.3, -0.25) is 19.3 Å². The molecule has 0 saturated carbocycles. The fourth-order valence-electron chi connectivity index (χ4n) is 2.53. The number of carbonyl (C=O) groups excluding carboxylic acids is 4. The van der Waals surface area contributed by atoms with E-state index in [1.54, 1.807) is 6.92 Å². The predicted octanol–water partition coefficient (Wildman–Crippen LogP) is -0.416. The van der Waals surface area contributed by atoms with Crippen LogP contribution in [0.15, 0.2) is 24.3 Å². The fourth-order valence-corrected chi connectivity index (χ4v) is 2.53. The first-order valence-corrected chi connectivity index (χ1v) is 7.25. The van der Waals surface area contributed by atoms with Crippen molar-refractivity contribution >= 4 is 23.8 Å². The third-order valence-electron chi connectivity index (χ3n) is 3.80. The number of urea groups is 1. The minimum absolute atomic E-state index is 0.225. The number of nitrogens with one attached hydrogen (secondary N) is 2. The van der Waals surface area contributed by atoms with E-state index in [0.717, 1.165) is 4.90 Å². The zero-order valence-electron chi connectivity index (χ0n) is 13.0. The quantitative estimate of drug-likeness (QED) is 0.611. The molecule has 0 aromatic heterocycles. The van der Waals surface area contributed by atoms with Crippen LogP contribution in [0.3, 0.4) is 0 Å². The maximum Gasteiger partial charge on any atom is 0.325 e. The Kier molecular flexibility index (Phi) is 4.82. The van der Waals surface area contributed by atoms with Crippen LogP contribution >= 0.6 is 0 Å². The molecule has 1 atom stereocenters. The second-order valence-electron chi connectivity index (χ2n) is 5.33. The number of nitrogens with zero attached hydrogens (tertiary/aromatic N) is 1. The van der Waals surface area contributed by atoms with Gasteiger partial charge in [-0.2, -0.15) is 0 Å². The molecule has 2 rings (SSSR count). The maximum atomic E-state index is 13.1. The van der Waals surface area contributed by atoms with E-state index < -0.39 is 41.7 Å². The normalized spacial score (nSPS) is 20.0. The highest BCUT2D eigenvalue weighted by Crippen LogP contribution is 2.32. The Balaban J connectivity index is 2.21. The minimum Gasteiger partial charge on any atom is -0.368 e. The van der Waals surface area contributed by atoms with Gasteiger partial charge in [0.1, 0.15) is 17.9 Å². The Hall–Kier alpha value is -2.97. The van der Waals surface area contributed by atoms with Crippen LogP contribution < -0.4 is 16.4 Å². The second kappa shape index (κ2) is 6.65. The van der Waals surface area contributed by atoms with Crippen molar-refractivity contribution < 1.29 is 23.6 Å². The average Bonchev–Trinajstić information content (AvgIpc) is 2.78. The molecule has 8 nitrogen and oxygen atoms in total. The van der Waals surface area contributed by atoms with E-state index >= 15 is 0 Å². The van der Waals surface area contributed by atoms with Crippen LogP contribution in [-0.4, -0.2) is 41.7 Å². The highest BCUT2D eigenvalue weighted by atomic mass is 19.1. The third-order valence-corrected chi connectivity index (χ3v) is 3.80. The van der Waals surface area contributed by atoms with Gasteiger partial charge in [-0.05, 0) is 24.1 Å². The lowest BCUT2D eigenvalue weighted by Crippen LogP contribution is -2.45. The number of nitrogens with two attached hydrogens (primary N) is 1. The summed E-state index contributed by atoms with van der Waals surface area (Å²) in [6.07, 6.45) is 0.225. The molecule has 1 aliphatic rings. The molecule has 1 aromatic carbocycles. The fraction of sp³-hybridized carbons (Fsp3) is 0.333. The van der Waals surface area contributed by atoms with E-state index in [1.807, 2.05) is 0 Å². The Labute approximate surface area is 137 Å². The van der Waals surface area contributed by atoms with Crippen LogP contribution in [0, 0.1) is 5.82 Å². The first-order chi connectivity index (χ1) is 11.3. The number of imide groups is 1. The molecular formula is C15H17FN4O4. The first kappa shape index (κ1) is 17.4. The summed E-state index contributed by atoms with van der Waals surface area (Å²) >= 11 is 0. The van der Waals surface area contributed by atoms with Crippen LogP contribution in [0.1, 0.15) is 18.9 Å². The van der Waals surface area contributed by atoms with Gasteiger partial charge in [-0.1, -0.05) is 19.1 Å². The van der Waals surface area contributed by atoms with E-state index in [1.165, 1.54) is 24.3 Å². The highest BCUT2D eigenvalue weighted by molar-refractivity contribution is 6.09. The number of hydrogen-bond donors (Lipinski definition) is 3. The minimum atomic E-state index is -1.35. The summed E-state index contributed by atoms with van der Waals surface area (Å²) in [5.41, 5.74) is 3.98. The monoisotopic (exact) mass is 336 g/mol. The molecule has 1 heterocycles. The molecule has 0 spiro atoms. The Morgan fingerprint density at radius 3 is 2.46 bits per heavy atom. The summed E-state index contributed by atoms with van der Waals surface area (Å²) in [5.74, 6) is -2.52. The number of rotatable bonds is 6. The van der Waals surface area contributed by atoms with Crippen molar-refractivity contribution in [1.29, 1.82) is 0 Å². The Morgan fingerprint density at radius 2 is 1.92 bits per heavy atom. The number of benzene rings is 1. The van der Waals surface area contributed by atoms with Crippen molar-refractivity contribution in [2.24, 2.45) is 5.73 Å². The topological polar surface area (TPSA) is 122 Å². The summed E-state index contributed by atoms with van der Waals surface area (Å²) in [6.45, 7) is 0.762. The van der Waals surface area contributed by atoms with Crippen molar-refractivity contribution in [2.75, 3.05) is 13.1 Å². The standard InChI is InChI=1S/C15H17FN4O4/c1-2-15(9-3-5-10(16)6-4-9)13(23)20(14(24)19-15)8-12(22)18-7-11(17)21/h3-6H,2,7-8H2,1H3,(H2,17,21)(H,18,22)(H,19,24)/t15-/m0/s1. The van der Waals surface area contributed by atoms with Crippen LogP contribution in [0.4, 0.5) is 9.18 Å². The largest absolute Gasteiger partial charge is 0.368 e. The van der Waals surface area contributed by atoms with Gasteiger partial charge in [-0.15, -0.1) is 0 Å². The molecule has 128 valence electrons. The summed E-state index contributed by atoms with van der Waals surface area (Å²) in [4.78, 5) is 48.0. The zero-order valence-corrected chi connectivity index (χ0v) is 13.0. The van der Waals surface area contributed by atoms with Gasteiger partial charge in [0.25, 0.3) is 5.91 Å². The summed E-state index contributed by atoms with van der Waals surface area (Å²) < 4.78 is 13.1.